The number of pyridine rings is 1. The van der Waals surface area contributed by atoms with Crippen LogP contribution < -0.4 is 4.57 Å². The fraction of sp³-hybridized carbons (Fsp3) is 0.368. The molecule has 2 heterocycles. The number of fused-ring (bicyclic) bond motifs is 6. The lowest BCUT2D eigenvalue weighted by Gasteiger charge is -2.56. The maximum atomic E-state index is 14.9. The quantitative estimate of drug-likeness (QED) is 0.733. The third kappa shape index (κ3) is 1.43. The van der Waals surface area contributed by atoms with Gasteiger partial charge in [0.25, 0.3) is 0 Å². The Kier molecular flexibility index (Phi) is 2.73. The summed E-state index contributed by atoms with van der Waals surface area (Å²) in [4.78, 5) is 0. The average Bonchev–Trinajstić information content (AvgIpc) is 2.54. The zero-order valence-electron chi connectivity index (χ0n) is 13.2. The normalized spacial score (nSPS) is 27.3. The zero-order chi connectivity index (χ0) is 16.4. The lowest BCUT2D eigenvalue weighted by atomic mass is 9.49. The minimum absolute atomic E-state index is 0.149. The third-order valence-electron chi connectivity index (χ3n) is 6.15. The first-order valence-electron chi connectivity index (χ1n) is 7.94. The Hall–Kier alpha value is -2.28. The molecule has 0 N–H and O–H groups in total. The number of nitriles is 1. The number of aromatic nitrogens is 1. The molecule has 0 amide bonds. The summed E-state index contributed by atoms with van der Waals surface area (Å²) in [5.41, 5.74) is 0.859. The van der Waals surface area contributed by atoms with Crippen LogP contribution in [-0.2, 0) is 11.0 Å². The first-order chi connectivity index (χ1) is 11.0. The van der Waals surface area contributed by atoms with Crippen molar-refractivity contribution >= 4 is 0 Å². The Morgan fingerprint density at radius 3 is 2.70 bits per heavy atom. The van der Waals surface area contributed by atoms with E-state index in [0.717, 1.165) is 25.0 Å². The molecule has 1 aliphatic heterocycles. The van der Waals surface area contributed by atoms with Crippen LogP contribution in [0.3, 0.4) is 0 Å². The van der Waals surface area contributed by atoms with Gasteiger partial charge in [-0.05, 0) is 31.0 Å². The van der Waals surface area contributed by atoms with Crippen molar-refractivity contribution in [1.29, 1.82) is 5.26 Å². The van der Waals surface area contributed by atoms with Gasteiger partial charge in [0.1, 0.15) is 17.4 Å². The van der Waals surface area contributed by atoms with E-state index in [4.69, 9.17) is 5.26 Å². The first-order valence-corrected chi connectivity index (χ1v) is 7.94. The molecule has 4 rings (SSSR count). The number of rotatable bonds is 1. The van der Waals surface area contributed by atoms with Crippen molar-refractivity contribution in [2.75, 3.05) is 0 Å². The van der Waals surface area contributed by atoms with Gasteiger partial charge in [-0.2, -0.15) is 9.83 Å². The van der Waals surface area contributed by atoms with E-state index in [-0.39, 0.29) is 11.0 Å². The first kappa shape index (κ1) is 14.3. The van der Waals surface area contributed by atoms with Gasteiger partial charge in [0.2, 0.25) is 5.69 Å². The lowest BCUT2D eigenvalue weighted by molar-refractivity contribution is -0.782. The molecule has 2 aliphatic rings. The van der Waals surface area contributed by atoms with Gasteiger partial charge >= 0.3 is 0 Å². The van der Waals surface area contributed by atoms with Crippen molar-refractivity contribution in [3.05, 3.63) is 53.2 Å². The summed E-state index contributed by atoms with van der Waals surface area (Å²) in [7, 11) is 0. The molecule has 2 unspecified atom stereocenters. The largest absolute Gasteiger partial charge is 0.216 e. The van der Waals surface area contributed by atoms with Gasteiger partial charge in [0.15, 0.2) is 17.6 Å². The maximum absolute atomic E-state index is 14.9. The van der Waals surface area contributed by atoms with Crippen molar-refractivity contribution in [1.82, 2.24) is 0 Å². The molecule has 1 fully saturated rings. The van der Waals surface area contributed by atoms with Crippen LogP contribution in [-0.4, -0.2) is 0 Å². The molecule has 2 aromatic rings. The van der Waals surface area contributed by atoms with Crippen molar-refractivity contribution in [3.63, 3.8) is 0 Å². The number of hydrogen-bond donors (Lipinski definition) is 0. The molecule has 0 spiro atoms. The van der Waals surface area contributed by atoms with Crippen LogP contribution in [0.25, 0.3) is 11.3 Å². The minimum Gasteiger partial charge on any atom is -0.205 e. The molecule has 1 saturated carbocycles. The summed E-state index contributed by atoms with van der Waals surface area (Å²) in [6.45, 7) is 4.22. The van der Waals surface area contributed by atoms with Crippen LogP contribution in [0.2, 0.25) is 0 Å². The highest BCUT2D eigenvalue weighted by atomic mass is 19.1. The number of halogens is 2. The highest BCUT2D eigenvalue weighted by Crippen LogP contribution is 2.60. The van der Waals surface area contributed by atoms with Gasteiger partial charge < -0.3 is 0 Å². The van der Waals surface area contributed by atoms with Crippen molar-refractivity contribution in [3.8, 4) is 17.3 Å². The van der Waals surface area contributed by atoms with Crippen LogP contribution >= 0.6 is 0 Å². The number of nitrogens with zero attached hydrogens (tertiary/aromatic N) is 2. The third-order valence-corrected chi connectivity index (χ3v) is 6.15. The Bertz CT molecular complexity index is 880. The monoisotopic (exact) mass is 311 g/mol. The standard InChI is InChI=1S/C19H17F2N2/c1-3-19-8-7-18(19,2)13-10-14(20)12(11-22)17(21)16(13)15-6-4-5-9-23(15)19/h4-6,9-10H,3,7-8H2,1-2H3/q+1. The summed E-state index contributed by atoms with van der Waals surface area (Å²) in [5, 5.41) is 9.10. The van der Waals surface area contributed by atoms with Crippen LogP contribution in [0.5, 0.6) is 0 Å². The summed E-state index contributed by atoms with van der Waals surface area (Å²) >= 11 is 0. The fourth-order valence-electron chi connectivity index (χ4n) is 4.72. The molecule has 0 bridgehead atoms. The average molecular weight is 311 g/mol. The molecule has 116 valence electrons. The predicted octanol–water partition coefficient (Wildman–Crippen LogP) is 3.96. The SMILES string of the molecule is CCC12CCC1(C)c1cc(F)c(C#N)c(F)c1-c1cccc[n+]12. The summed E-state index contributed by atoms with van der Waals surface area (Å²) < 4.78 is 31.4. The van der Waals surface area contributed by atoms with Gasteiger partial charge in [0, 0.05) is 25.0 Å². The Labute approximate surface area is 134 Å². The molecule has 4 heteroatoms. The van der Waals surface area contributed by atoms with Gasteiger partial charge in [-0.25, -0.2) is 8.78 Å². The summed E-state index contributed by atoms with van der Waals surface area (Å²) in [6, 6.07) is 8.71. The molecule has 1 aromatic carbocycles. The Morgan fingerprint density at radius 1 is 1.30 bits per heavy atom. The summed E-state index contributed by atoms with van der Waals surface area (Å²) in [6.07, 6.45) is 4.76. The van der Waals surface area contributed by atoms with E-state index in [2.05, 4.69) is 18.4 Å². The van der Waals surface area contributed by atoms with Crippen LogP contribution in [0.4, 0.5) is 8.78 Å². The van der Waals surface area contributed by atoms with Gasteiger partial charge in [0.05, 0.1) is 11.0 Å². The lowest BCUT2D eigenvalue weighted by Crippen LogP contribution is -2.74. The van der Waals surface area contributed by atoms with E-state index < -0.39 is 17.2 Å². The summed E-state index contributed by atoms with van der Waals surface area (Å²) in [5.74, 6) is -1.49. The molecular weight excluding hydrogens is 294 g/mol. The maximum Gasteiger partial charge on any atom is 0.216 e. The van der Waals surface area contributed by atoms with Crippen LogP contribution in [0.1, 0.15) is 44.2 Å². The molecular formula is C19H17F2N2+. The molecule has 0 radical (unpaired) electrons. The van der Waals surface area contributed by atoms with E-state index in [9.17, 15) is 8.78 Å². The fourth-order valence-corrected chi connectivity index (χ4v) is 4.72. The Morgan fingerprint density at radius 2 is 2.09 bits per heavy atom. The second kappa shape index (κ2) is 4.38. The Balaban J connectivity index is 2.17. The smallest absolute Gasteiger partial charge is 0.205 e. The highest BCUT2D eigenvalue weighted by Gasteiger charge is 2.67. The molecule has 1 aromatic heterocycles. The molecule has 2 atom stereocenters. The van der Waals surface area contributed by atoms with E-state index >= 15 is 0 Å². The van der Waals surface area contributed by atoms with Crippen LogP contribution in [0, 0.1) is 23.0 Å². The number of hydrogen-bond acceptors (Lipinski definition) is 1. The van der Waals surface area contributed by atoms with Crippen molar-refractivity contribution < 1.29 is 13.3 Å². The predicted molar refractivity (Wildman–Crippen MR) is 81.6 cm³/mol. The van der Waals surface area contributed by atoms with E-state index in [1.807, 2.05) is 24.4 Å². The van der Waals surface area contributed by atoms with Crippen molar-refractivity contribution in [2.45, 2.75) is 44.1 Å². The second-order valence-corrected chi connectivity index (χ2v) is 6.75. The molecule has 23 heavy (non-hydrogen) atoms. The molecule has 1 aliphatic carbocycles. The highest BCUT2D eigenvalue weighted by molar-refractivity contribution is 5.69. The van der Waals surface area contributed by atoms with E-state index in [1.54, 1.807) is 6.07 Å². The van der Waals surface area contributed by atoms with Gasteiger partial charge in [-0.15, -0.1) is 0 Å². The minimum atomic E-state index is -0.758. The zero-order valence-corrected chi connectivity index (χ0v) is 13.2. The number of benzene rings is 1. The molecule has 2 nitrogen and oxygen atoms in total. The second-order valence-electron chi connectivity index (χ2n) is 6.75. The topological polar surface area (TPSA) is 27.7 Å². The van der Waals surface area contributed by atoms with Gasteiger partial charge in [-0.3, -0.25) is 0 Å². The van der Waals surface area contributed by atoms with Crippen LogP contribution in [0.15, 0.2) is 30.5 Å². The molecule has 0 saturated heterocycles. The van der Waals surface area contributed by atoms with Gasteiger partial charge in [-0.1, -0.05) is 6.92 Å². The van der Waals surface area contributed by atoms with E-state index in [0.29, 0.717) is 11.1 Å². The van der Waals surface area contributed by atoms with E-state index in [1.165, 1.54) is 6.07 Å². The van der Waals surface area contributed by atoms with Crippen molar-refractivity contribution in [2.24, 2.45) is 0 Å².